The second-order valence-corrected chi connectivity index (χ2v) is 5.18. The third-order valence-electron chi connectivity index (χ3n) is 2.64. The lowest BCUT2D eigenvalue weighted by Gasteiger charge is -2.27. The van der Waals surface area contributed by atoms with Crippen molar-refractivity contribution in [3.8, 4) is 0 Å². The predicted molar refractivity (Wildman–Crippen MR) is 71.2 cm³/mol. The monoisotopic (exact) mass is 259 g/mol. The molecule has 1 aromatic carbocycles. The lowest BCUT2D eigenvalue weighted by atomic mass is 9.85. The van der Waals surface area contributed by atoms with Crippen LogP contribution in [0, 0.1) is 5.82 Å². The summed E-state index contributed by atoms with van der Waals surface area (Å²) in [6.45, 7) is -7.19. The van der Waals surface area contributed by atoms with Crippen LogP contribution in [0.2, 0.25) is 0 Å². The van der Waals surface area contributed by atoms with E-state index in [1.54, 1.807) is 20.8 Å². The molecule has 0 unspecified atom stereocenters. The van der Waals surface area contributed by atoms with Crippen LogP contribution >= 0.6 is 0 Å². The van der Waals surface area contributed by atoms with Gasteiger partial charge in [0.1, 0.15) is 5.82 Å². The van der Waals surface area contributed by atoms with E-state index in [-0.39, 0.29) is 0 Å². The number of halogens is 1. The molecule has 0 saturated carbocycles. The van der Waals surface area contributed by atoms with Crippen molar-refractivity contribution in [2.24, 2.45) is 0 Å². The van der Waals surface area contributed by atoms with E-state index in [9.17, 15) is 4.39 Å². The molecule has 1 aliphatic rings. The maximum Gasteiger partial charge on any atom is 0.126 e. The predicted octanol–water partition coefficient (Wildman–Crippen LogP) is 2.96. The van der Waals surface area contributed by atoms with Crippen LogP contribution in [-0.2, 0) is 16.7 Å². The summed E-state index contributed by atoms with van der Waals surface area (Å²) in [5, 5.41) is 0. The summed E-state index contributed by atoms with van der Waals surface area (Å²) >= 11 is 0. The van der Waals surface area contributed by atoms with Gasteiger partial charge in [0.25, 0.3) is 0 Å². The molecule has 0 aromatic heterocycles. The maximum atomic E-state index is 14.1. The van der Waals surface area contributed by atoms with Crippen molar-refractivity contribution in [2.45, 2.75) is 32.7 Å². The van der Waals surface area contributed by atoms with Crippen LogP contribution in [0.25, 0.3) is 0 Å². The van der Waals surface area contributed by atoms with Gasteiger partial charge in [-0.05, 0) is 22.6 Å². The largest absolute Gasteiger partial charge is 0.379 e. The zero-order valence-corrected chi connectivity index (χ0v) is 10.7. The first kappa shape index (κ1) is 6.49. The van der Waals surface area contributed by atoms with Gasteiger partial charge in [0, 0.05) is 25.0 Å². The zero-order valence-electron chi connectivity index (χ0n) is 18.7. The van der Waals surface area contributed by atoms with Gasteiger partial charge in [0.05, 0.1) is 18.6 Å². The van der Waals surface area contributed by atoms with Crippen molar-refractivity contribution < 1.29 is 20.1 Å². The number of morpholine rings is 1. The van der Waals surface area contributed by atoms with Crippen molar-refractivity contribution >= 4 is 0 Å². The number of hydrogen-bond acceptors (Lipinski definition) is 2. The van der Waals surface area contributed by atoms with E-state index < -0.39 is 43.9 Å². The van der Waals surface area contributed by atoms with E-state index in [0.717, 1.165) is 0 Å². The standard InChI is InChI=1S/C15H22FNO/c1-15(2,3)13-10-12(4-5-14(13)16)11-17-6-8-18-9-7-17/h4-5,10H,6-9,11H2,1-3H3/i6D2,7D2,8D2,9D2. The molecule has 0 aliphatic carbocycles. The van der Waals surface area contributed by atoms with Crippen molar-refractivity contribution in [3.05, 3.63) is 35.1 Å². The van der Waals surface area contributed by atoms with Crippen LogP contribution in [0.1, 0.15) is 42.9 Å². The topological polar surface area (TPSA) is 12.5 Å². The summed E-state index contributed by atoms with van der Waals surface area (Å²) in [7, 11) is 0. The highest BCUT2D eigenvalue weighted by atomic mass is 19.1. The first-order valence-corrected chi connectivity index (χ1v) is 5.70. The third-order valence-corrected chi connectivity index (χ3v) is 2.64. The fourth-order valence-electron chi connectivity index (χ4n) is 1.72. The molecule has 0 N–H and O–H groups in total. The van der Waals surface area contributed by atoms with Crippen molar-refractivity contribution in [2.75, 3.05) is 26.1 Å². The average molecular weight is 259 g/mol. The molecule has 1 aromatic rings. The van der Waals surface area contributed by atoms with Crippen LogP contribution in [-0.4, -0.2) is 31.0 Å². The summed E-state index contributed by atoms with van der Waals surface area (Å²) in [6, 6.07) is 3.99. The molecule has 1 heterocycles. The van der Waals surface area contributed by atoms with Gasteiger partial charge >= 0.3 is 0 Å². The van der Waals surface area contributed by atoms with Gasteiger partial charge in [-0.15, -0.1) is 0 Å². The van der Waals surface area contributed by atoms with Crippen molar-refractivity contribution in [1.29, 1.82) is 0 Å². The molecule has 0 atom stereocenters. The molecule has 2 nitrogen and oxygen atoms in total. The van der Waals surface area contributed by atoms with Crippen LogP contribution in [0.15, 0.2) is 18.2 Å². The quantitative estimate of drug-likeness (QED) is 0.809. The number of ether oxygens (including phenoxy) is 1. The fourth-order valence-corrected chi connectivity index (χ4v) is 1.72. The number of benzene rings is 1. The number of rotatable bonds is 2. The Hall–Kier alpha value is -0.930. The number of hydrogen-bond donors (Lipinski definition) is 0. The second kappa shape index (κ2) is 5.37. The molecule has 0 spiro atoms. The van der Waals surface area contributed by atoms with Crippen molar-refractivity contribution in [3.63, 3.8) is 0 Å². The molecule has 18 heavy (non-hydrogen) atoms. The Bertz CT molecular complexity index is 675. The molecule has 1 saturated heterocycles. The average Bonchev–Trinajstić information content (AvgIpc) is 2.41. The normalized spacial score (nSPS) is 35.8. The van der Waals surface area contributed by atoms with Gasteiger partial charge in [-0.1, -0.05) is 32.9 Å². The smallest absolute Gasteiger partial charge is 0.126 e. The Morgan fingerprint density at radius 3 is 2.61 bits per heavy atom. The molecule has 1 aliphatic heterocycles. The minimum absolute atomic E-state index is 0.331. The first-order chi connectivity index (χ1) is 11.4. The van der Waals surface area contributed by atoms with Crippen molar-refractivity contribution in [1.82, 2.24) is 4.90 Å². The van der Waals surface area contributed by atoms with Gasteiger partial charge in [0.2, 0.25) is 0 Å². The van der Waals surface area contributed by atoms with E-state index in [2.05, 4.69) is 4.74 Å². The lowest BCUT2D eigenvalue weighted by molar-refractivity contribution is 0.0341. The van der Waals surface area contributed by atoms with Gasteiger partial charge in [-0.25, -0.2) is 4.39 Å². The highest BCUT2D eigenvalue weighted by Crippen LogP contribution is 2.26. The summed E-state index contributed by atoms with van der Waals surface area (Å²) in [6.07, 6.45) is 0. The molecular weight excluding hydrogens is 229 g/mol. The minimum atomic E-state index is -3.09. The summed E-state index contributed by atoms with van der Waals surface area (Å²) in [4.78, 5) is 0.448. The molecule has 0 bridgehead atoms. The van der Waals surface area contributed by atoms with Crippen LogP contribution in [0.5, 0.6) is 0 Å². The second-order valence-electron chi connectivity index (χ2n) is 5.18. The molecule has 1 fully saturated rings. The molecular formula is C15H22FNO. The van der Waals surface area contributed by atoms with E-state index in [0.29, 0.717) is 16.0 Å². The molecule has 0 amide bonds. The molecule has 100 valence electrons. The maximum absolute atomic E-state index is 14.1. The van der Waals surface area contributed by atoms with Crippen LogP contribution in [0.3, 0.4) is 0 Å². The lowest BCUT2D eigenvalue weighted by Crippen LogP contribution is -2.35. The Balaban J connectivity index is 2.52. The van der Waals surface area contributed by atoms with E-state index >= 15 is 0 Å². The SMILES string of the molecule is [2H]C1([2H])OC([2H])([2H])C([2H])([2H])N(Cc2ccc(F)c(C(C)(C)C)c2)C1([2H])[2H]. The Morgan fingerprint density at radius 2 is 2.00 bits per heavy atom. The Morgan fingerprint density at radius 1 is 1.33 bits per heavy atom. The summed E-state index contributed by atoms with van der Waals surface area (Å²) in [5.74, 6) is -0.458. The molecule has 0 radical (unpaired) electrons. The Kier molecular flexibility index (Phi) is 1.93. The minimum Gasteiger partial charge on any atom is -0.379 e. The summed E-state index contributed by atoms with van der Waals surface area (Å²) in [5.41, 5.74) is 0.125. The zero-order chi connectivity index (χ0) is 20.3. The van der Waals surface area contributed by atoms with Crippen LogP contribution in [0.4, 0.5) is 4.39 Å². The van der Waals surface area contributed by atoms with E-state index in [1.807, 2.05) is 0 Å². The highest BCUT2D eigenvalue weighted by Gasteiger charge is 2.19. The summed E-state index contributed by atoms with van der Waals surface area (Å²) < 4.78 is 81.3. The van der Waals surface area contributed by atoms with Gasteiger partial charge in [-0.2, -0.15) is 0 Å². The highest BCUT2D eigenvalue weighted by molar-refractivity contribution is 5.30. The fraction of sp³-hybridized carbons (Fsp3) is 0.600. The Labute approximate surface area is 120 Å². The molecule has 2 rings (SSSR count). The van der Waals surface area contributed by atoms with E-state index in [1.165, 1.54) is 18.2 Å². The van der Waals surface area contributed by atoms with Crippen LogP contribution < -0.4 is 0 Å². The number of nitrogens with zero attached hydrogens (tertiary/aromatic N) is 1. The van der Waals surface area contributed by atoms with Gasteiger partial charge in [0.15, 0.2) is 0 Å². The third kappa shape index (κ3) is 3.30. The first-order valence-electron chi connectivity index (χ1n) is 9.70. The van der Waals surface area contributed by atoms with E-state index in [4.69, 9.17) is 11.0 Å². The molecule has 3 heteroatoms. The van der Waals surface area contributed by atoms with Gasteiger partial charge < -0.3 is 4.74 Å². The van der Waals surface area contributed by atoms with Gasteiger partial charge in [-0.3, -0.25) is 4.90 Å².